The van der Waals surface area contributed by atoms with Crippen molar-refractivity contribution in [2.75, 3.05) is 0 Å². The maximum atomic E-state index is 13.0. The number of rotatable bonds is 22. The topological polar surface area (TPSA) is 81.7 Å². The molecule has 0 unspecified atom stereocenters. The highest BCUT2D eigenvalue weighted by Crippen LogP contribution is 2.32. The molecule has 210 valence electrons. The molecule has 1 amide bonds. The molecule has 0 aromatic heterocycles. The van der Waals surface area contributed by atoms with Crippen LogP contribution in [0.1, 0.15) is 144 Å². The van der Waals surface area contributed by atoms with Crippen LogP contribution >= 0.6 is 0 Å². The first-order valence-electron chi connectivity index (χ1n) is 15.0. The molecule has 6 nitrogen and oxygen atoms in total. The third kappa shape index (κ3) is 14.2. The van der Waals surface area contributed by atoms with E-state index in [1.807, 2.05) is 13.8 Å². The van der Waals surface area contributed by atoms with Crippen molar-refractivity contribution >= 4 is 17.8 Å². The lowest BCUT2D eigenvalue weighted by molar-refractivity contribution is -0.190. The predicted octanol–water partition coefficient (Wildman–Crippen LogP) is 7.27. The molecule has 0 aromatic carbocycles. The van der Waals surface area contributed by atoms with E-state index in [-0.39, 0.29) is 41.9 Å². The van der Waals surface area contributed by atoms with Gasteiger partial charge in [-0.05, 0) is 31.6 Å². The Hall–Kier alpha value is -1.59. The van der Waals surface area contributed by atoms with E-state index in [9.17, 15) is 14.4 Å². The van der Waals surface area contributed by atoms with Gasteiger partial charge >= 0.3 is 11.9 Å². The highest BCUT2D eigenvalue weighted by atomic mass is 16.6. The average Bonchev–Trinajstić information content (AvgIpc) is 2.81. The number of nitrogens with one attached hydrogen (secondary N) is 1. The summed E-state index contributed by atoms with van der Waals surface area (Å²) in [6.45, 7) is 9.90. The quantitative estimate of drug-likeness (QED) is 0.123. The van der Waals surface area contributed by atoms with Crippen molar-refractivity contribution in [1.82, 2.24) is 5.32 Å². The summed E-state index contributed by atoms with van der Waals surface area (Å²) in [5, 5.41) is 2.76. The Labute approximate surface area is 221 Å². The molecule has 0 radical (unpaired) electrons. The number of esters is 2. The molecule has 0 bridgehead atoms. The summed E-state index contributed by atoms with van der Waals surface area (Å²) >= 11 is 0. The smallest absolute Gasteiger partial charge is 0.328 e. The molecule has 1 saturated heterocycles. The van der Waals surface area contributed by atoms with Gasteiger partial charge in [0.25, 0.3) is 0 Å². The van der Waals surface area contributed by atoms with Gasteiger partial charge in [-0.15, -0.1) is 0 Å². The predicted molar refractivity (Wildman–Crippen MR) is 146 cm³/mol. The van der Waals surface area contributed by atoms with Gasteiger partial charge in [0.05, 0.1) is 5.92 Å². The van der Waals surface area contributed by atoms with E-state index in [4.69, 9.17) is 9.47 Å². The van der Waals surface area contributed by atoms with Gasteiger partial charge in [0.1, 0.15) is 18.2 Å². The molecule has 0 saturated carbocycles. The molecule has 1 aliphatic heterocycles. The minimum atomic E-state index is -0.637. The Kier molecular flexibility index (Phi) is 17.6. The molecular formula is C30H55NO5. The van der Waals surface area contributed by atoms with E-state index < -0.39 is 6.04 Å². The highest BCUT2D eigenvalue weighted by molar-refractivity contribution is 5.83. The van der Waals surface area contributed by atoms with Crippen LogP contribution in [0.5, 0.6) is 0 Å². The zero-order chi connectivity index (χ0) is 26.8. The van der Waals surface area contributed by atoms with Gasteiger partial charge in [0.2, 0.25) is 5.91 Å². The number of cyclic esters (lactones) is 1. The van der Waals surface area contributed by atoms with Gasteiger partial charge in [-0.25, -0.2) is 4.79 Å². The van der Waals surface area contributed by atoms with Crippen molar-refractivity contribution in [2.45, 2.75) is 162 Å². The fraction of sp³-hybridized carbons (Fsp3) is 0.900. The van der Waals surface area contributed by atoms with Crippen LogP contribution in [0, 0.1) is 11.8 Å². The Morgan fingerprint density at radius 1 is 0.889 bits per heavy atom. The standard InChI is InChI=1S/C30H55NO5/c1-6-8-10-12-13-14-15-16-17-19-25(35-30(34)27(21-23(3)4)31-24(5)32)22-28-26(29(33)36-28)20-18-11-9-7-2/h23,25-28H,6-22H2,1-5H3,(H,31,32)/t25-,26-,27-,28+/m0/s1. The Morgan fingerprint density at radius 3 is 1.97 bits per heavy atom. The lowest BCUT2D eigenvalue weighted by Crippen LogP contribution is -2.48. The summed E-state index contributed by atoms with van der Waals surface area (Å²) < 4.78 is 11.5. The van der Waals surface area contributed by atoms with Gasteiger partial charge in [0.15, 0.2) is 0 Å². The van der Waals surface area contributed by atoms with Crippen LogP contribution in [0.15, 0.2) is 0 Å². The second-order valence-electron chi connectivity index (χ2n) is 11.2. The zero-order valence-corrected chi connectivity index (χ0v) is 23.9. The zero-order valence-electron chi connectivity index (χ0n) is 23.9. The summed E-state index contributed by atoms with van der Waals surface area (Å²) in [7, 11) is 0. The largest absolute Gasteiger partial charge is 0.461 e. The maximum absolute atomic E-state index is 13.0. The summed E-state index contributed by atoms with van der Waals surface area (Å²) in [5.74, 6) is -0.531. The first-order chi connectivity index (χ1) is 17.3. The fourth-order valence-electron chi connectivity index (χ4n) is 5.05. The fourth-order valence-corrected chi connectivity index (χ4v) is 5.05. The molecule has 1 aliphatic rings. The lowest BCUT2D eigenvalue weighted by Gasteiger charge is -2.37. The van der Waals surface area contributed by atoms with Crippen molar-refractivity contribution < 1.29 is 23.9 Å². The summed E-state index contributed by atoms with van der Waals surface area (Å²) in [6, 6.07) is -0.637. The van der Waals surface area contributed by atoms with Crippen LogP contribution in [0.4, 0.5) is 0 Å². The third-order valence-electron chi connectivity index (χ3n) is 7.16. The first-order valence-corrected chi connectivity index (χ1v) is 15.0. The Bertz CT molecular complexity index is 620. The van der Waals surface area contributed by atoms with Crippen LogP contribution < -0.4 is 5.32 Å². The van der Waals surface area contributed by atoms with E-state index >= 15 is 0 Å². The van der Waals surface area contributed by atoms with E-state index in [1.54, 1.807) is 0 Å². The van der Waals surface area contributed by atoms with Gasteiger partial charge in [-0.1, -0.05) is 105 Å². The van der Waals surface area contributed by atoms with Gasteiger partial charge in [-0.2, -0.15) is 0 Å². The summed E-state index contributed by atoms with van der Waals surface area (Å²) in [6.07, 6.45) is 17.9. The summed E-state index contributed by atoms with van der Waals surface area (Å²) in [5.41, 5.74) is 0. The van der Waals surface area contributed by atoms with Gasteiger partial charge in [0, 0.05) is 13.3 Å². The van der Waals surface area contributed by atoms with E-state index in [0.717, 1.165) is 38.5 Å². The van der Waals surface area contributed by atoms with Crippen LogP contribution in [-0.4, -0.2) is 36.1 Å². The van der Waals surface area contributed by atoms with Crippen LogP contribution in [-0.2, 0) is 23.9 Å². The number of unbranched alkanes of at least 4 members (excludes halogenated alkanes) is 11. The minimum Gasteiger partial charge on any atom is -0.461 e. The monoisotopic (exact) mass is 509 g/mol. The molecule has 1 rings (SSSR count). The summed E-state index contributed by atoms with van der Waals surface area (Å²) in [4.78, 5) is 36.8. The normalized spacial score (nSPS) is 18.9. The van der Waals surface area contributed by atoms with E-state index in [1.165, 1.54) is 64.7 Å². The maximum Gasteiger partial charge on any atom is 0.328 e. The lowest BCUT2D eigenvalue weighted by atomic mass is 9.86. The number of ether oxygens (including phenoxy) is 2. The Balaban J connectivity index is 2.63. The molecule has 6 heteroatoms. The van der Waals surface area contributed by atoms with Crippen molar-refractivity contribution in [2.24, 2.45) is 11.8 Å². The van der Waals surface area contributed by atoms with E-state index in [2.05, 4.69) is 19.2 Å². The highest BCUT2D eigenvalue weighted by Gasteiger charge is 2.43. The first kappa shape index (κ1) is 32.4. The van der Waals surface area contributed by atoms with Gasteiger partial charge < -0.3 is 14.8 Å². The third-order valence-corrected chi connectivity index (χ3v) is 7.16. The minimum absolute atomic E-state index is 0.0759. The van der Waals surface area contributed by atoms with Crippen molar-refractivity contribution in [3.05, 3.63) is 0 Å². The number of carbonyl (C=O) groups is 3. The SMILES string of the molecule is CCCCCCCCCCC[C@@H](C[C@H]1OC(=O)[C@H]1CCCCCC)OC(=O)[C@H](CC(C)C)NC(C)=O. The molecule has 1 heterocycles. The van der Waals surface area contributed by atoms with Gasteiger partial charge in [-0.3, -0.25) is 9.59 Å². The molecule has 0 aromatic rings. The van der Waals surface area contributed by atoms with Crippen LogP contribution in [0.2, 0.25) is 0 Å². The van der Waals surface area contributed by atoms with Crippen molar-refractivity contribution in [3.63, 3.8) is 0 Å². The van der Waals surface area contributed by atoms with E-state index in [0.29, 0.717) is 12.8 Å². The number of carbonyl (C=O) groups excluding carboxylic acids is 3. The Morgan fingerprint density at radius 2 is 1.44 bits per heavy atom. The molecule has 4 atom stereocenters. The number of hydrogen-bond donors (Lipinski definition) is 1. The molecule has 0 aliphatic carbocycles. The molecule has 1 N–H and O–H groups in total. The molecular weight excluding hydrogens is 454 g/mol. The second-order valence-corrected chi connectivity index (χ2v) is 11.2. The average molecular weight is 510 g/mol. The number of amides is 1. The van der Waals surface area contributed by atoms with Crippen molar-refractivity contribution in [3.8, 4) is 0 Å². The second kappa shape index (κ2) is 19.5. The molecule has 36 heavy (non-hydrogen) atoms. The molecule has 0 spiro atoms. The van der Waals surface area contributed by atoms with Crippen LogP contribution in [0.25, 0.3) is 0 Å². The number of hydrogen-bond acceptors (Lipinski definition) is 5. The van der Waals surface area contributed by atoms with Crippen LogP contribution in [0.3, 0.4) is 0 Å². The molecule has 1 fully saturated rings. The van der Waals surface area contributed by atoms with Crippen molar-refractivity contribution in [1.29, 1.82) is 0 Å².